The minimum absolute atomic E-state index is 0.133. The number of carbonyl (C=O) groups excluding carboxylic acids is 1. The topological polar surface area (TPSA) is 47.6 Å². The van der Waals surface area contributed by atoms with Crippen molar-refractivity contribution in [3.8, 4) is 11.5 Å². The first-order valence-corrected chi connectivity index (χ1v) is 8.19. The van der Waals surface area contributed by atoms with E-state index in [0.29, 0.717) is 30.8 Å². The molecule has 0 spiro atoms. The summed E-state index contributed by atoms with van der Waals surface area (Å²) in [5.74, 6) is -1.51. The summed E-state index contributed by atoms with van der Waals surface area (Å²) in [5, 5.41) is 2.59. The number of benzene rings is 2. The molecule has 0 aliphatic heterocycles. The van der Waals surface area contributed by atoms with Gasteiger partial charge in [0.15, 0.2) is 11.5 Å². The van der Waals surface area contributed by atoms with Gasteiger partial charge in [-0.3, -0.25) is 4.79 Å². The van der Waals surface area contributed by atoms with Crippen molar-refractivity contribution in [2.75, 3.05) is 18.5 Å². The van der Waals surface area contributed by atoms with Crippen LogP contribution in [0.1, 0.15) is 30.6 Å². The number of nitrogens with one attached hydrogen (secondary N) is 1. The summed E-state index contributed by atoms with van der Waals surface area (Å²) >= 11 is 6.20. The Labute approximate surface area is 149 Å². The highest BCUT2D eigenvalue weighted by Crippen LogP contribution is 2.37. The summed E-state index contributed by atoms with van der Waals surface area (Å²) < 4.78 is 37.7. The molecule has 0 aliphatic rings. The molecule has 0 saturated heterocycles. The number of hydrogen-bond acceptors (Lipinski definition) is 3. The third-order valence-corrected chi connectivity index (χ3v) is 3.48. The van der Waals surface area contributed by atoms with Crippen molar-refractivity contribution in [3.05, 3.63) is 52.6 Å². The molecule has 2 aromatic carbocycles. The molecule has 0 aliphatic carbocycles. The second-order valence-corrected chi connectivity index (χ2v) is 5.55. The monoisotopic (exact) mass is 369 g/mol. The smallest absolute Gasteiger partial charge is 0.255 e. The fourth-order valence-electron chi connectivity index (χ4n) is 2.09. The van der Waals surface area contributed by atoms with E-state index < -0.39 is 17.5 Å². The zero-order valence-corrected chi connectivity index (χ0v) is 14.6. The highest BCUT2D eigenvalue weighted by molar-refractivity contribution is 6.32. The van der Waals surface area contributed by atoms with Crippen LogP contribution < -0.4 is 14.8 Å². The lowest BCUT2D eigenvalue weighted by molar-refractivity contribution is 0.102. The van der Waals surface area contributed by atoms with Crippen LogP contribution in [-0.2, 0) is 0 Å². The third-order valence-electron chi connectivity index (χ3n) is 3.20. The van der Waals surface area contributed by atoms with Crippen LogP contribution in [0.5, 0.6) is 11.5 Å². The highest BCUT2D eigenvalue weighted by atomic mass is 35.5. The number of rotatable bonds is 7. The molecule has 0 saturated carbocycles. The summed E-state index contributed by atoms with van der Waals surface area (Å²) in [6, 6.07) is 5.77. The van der Waals surface area contributed by atoms with Crippen LogP contribution in [0, 0.1) is 11.6 Å². The van der Waals surface area contributed by atoms with Crippen molar-refractivity contribution in [1.29, 1.82) is 0 Å². The first-order chi connectivity index (χ1) is 12.0. The Balaban J connectivity index is 2.29. The van der Waals surface area contributed by atoms with Crippen molar-refractivity contribution in [2.45, 2.75) is 20.3 Å². The third kappa shape index (κ3) is 4.82. The molecule has 0 heterocycles. The molecule has 1 N–H and O–H groups in total. The van der Waals surface area contributed by atoms with E-state index in [9.17, 15) is 13.6 Å². The molecule has 25 heavy (non-hydrogen) atoms. The van der Waals surface area contributed by atoms with Crippen molar-refractivity contribution < 1.29 is 23.0 Å². The zero-order chi connectivity index (χ0) is 18.4. The van der Waals surface area contributed by atoms with E-state index in [2.05, 4.69) is 5.32 Å². The largest absolute Gasteiger partial charge is 0.490 e. The van der Waals surface area contributed by atoms with Gasteiger partial charge in [-0.25, -0.2) is 8.78 Å². The Morgan fingerprint density at radius 1 is 1.16 bits per heavy atom. The normalized spacial score (nSPS) is 10.4. The lowest BCUT2D eigenvalue weighted by Crippen LogP contribution is -2.14. The fourth-order valence-corrected chi connectivity index (χ4v) is 2.36. The van der Waals surface area contributed by atoms with Gasteiger partial charge in [0, 0.05) is 11.6 Å². The zero-order valence-electron chi connectivity index (χ0n) is 13.9. The molecule has 0 radical (unpaired) electrons. The number of anilines is 1. The lowest BCUT2D eigenvalue weighted by Gasteiger charge is -2.15. The Morgan fingerprint density at radius 2 is 1.92 bits per heavy atom. The van der Waals surface area contributed by atoms with E-state index in [4.69, 9.17) is 21.1 Å². The predicted octanol–water partition coefficient (Wildman–Crippen LogP) is 5.06. The van der Waals surface area contributed by atoms with E-state index in [1.807, 2.05) is 6.92 Å². The van der Waals surface area contributed by atoms with Crippen LogP contribution in [0.4, 0.5) is 14.5 Å². The van der Waals surface area contributed by atoms with Crippen molar-refractivity contribution in [3.63, 3.8) is 0 Å². The summed E-state index contributed by atoms with van der Waals surface area (Å²) in [4.78, 5) is 12.4. The summed E-state index contributed by atoms with van der Waals surface area (Å²) in [5.41, 5.74) is 0.0350. The second-order valence-electron chi connectivity index (χ2n) is 5.15. The van der Waals surface area contributed by atoms with Gasteiger partial charge in [0.05, 0.1) is 23.9 Å². The van der Waals surface area contributed by atoms with Gasteiger partial charge >= 0.3 is 0 Å². The number of hydrogen-bond donors (Lipinski definition) is 1. The molecule has 4 nitrogen and oxygen atoms in total. The molecular weight excluding hydrogens is 352 g/mol. The summed E-state index contributed by atoms with van der Waals surface area (Å²) in [6.45, 7) is 4.55. The van der Waals surface area contributed by atoms with Crippen molar-refractivity contribution >= 4 is 23.2 Å². The van der Waals surface area contributed by atoms with Gasteiger partial charge in [-0.15, -0.1) is 0 Å². The molecule has 0 unspecified atom stereocenters. The maximum atomic E-state index is 13.7. The number of ether oxygens (including phenoxy) is 2. The van der Waals surface area contributed by atoms with E-state index >= 15 is 0 Å². The number of carbonyl (C=O) groups is 1. The molecule has 2 aromatic rings. The first kappa shape index (κ1) is 19.0. The summed E-state index contributed by atoms with van der Waals surface area (Å²) in [7, 11) is 0. The molecule has 0 aromatic heterocycles. The standard InChI is InChI=1S/C18H18ClF2NO3/c1-3-7-25-17-13(19)8-11(9-16(17)24-4-2)18(23)22-15-6-5-12(20)10-14(15)21/h5-6,8-10H,3-4,7H2,1-2H3,(H,22,23). The minimum Gasteiger partial charge on any atom is -0.490 e. The van der Waals surface area contributed by atoms with E-state index in [0.717, 1.165) is 18.6 Å². The van der Waals surface area contributed by atoms with Gasteiger partial charge in [0.25, 0.3) is 5.91 Å². The molecule has 0 bridgehead atoms. The van der Waals surface area contributed by atoms with Crippen LogP contribution in [0.15, 0.2) is 30.3 Å². The summed E-state index contributed by atoms with van der Waals surface area (Å²) in [6.07, 6.45) is 0.786. The van der Waals surface area contributed by atoms with E-state index in [1.54, 1.807) is 6.92 Å². The fraction of sp³-hybridized carbons (Fsp3) is 0.278. The Morgan fingerprint density at radius 3 is 2.56 bits per heavy atom. The highest BCUT2D eigenvalue weighted by Gasteiger charge is 2.17. The van der Waals surface area contributed by atoms with Crippen LogP contribution in [-0.4, -0.2) is 19.1 Å². The molecule has 1 amide bonds. The van der Waals surface area contributed by atoms with Crippen molar-refractivity contribution in [2.24, 2.45) is 0 Å². The second kappa shape index (κ2) is 8.67. The van der Waals surface area contributed by atoms with Crippen LogP contribution in [0.3, 0.4) is 0 Å². The Kier molecular flexibility index (Phi) is 6.58. The van der Waals surface area contributed by atoms with Gasteiger partial charge < -0.3 is 14.8 Å². The number of amides is 1. The van der Waals surface area contributed by atoms with Gasteiger partial charge in [-0.05, 0) is 37.6 Å². The van der Waals surface area contributed by atoms with Crippen molar-refractivity contribution in [1.82, 2.24) is 0 Å². The van der Waals surface area contributed by atoms with Gasteiger partial charge in [0.1, 0.15) is 11.6 Å². The SMILES string of the molecule is CCCOc1c(Cl)cc(C(=O)Nc2ccc(F)cc2F)cc1OCC. The Hall–Kier alpha value is -2.34. The minimum atomic E-state index is -0.868. The molecule has 0 atom stereocenters. The molecule has 134 valence electrons. The molecular formula is C18H18ClF2NO3. The Bertz CT molecular complexity index is 768. The predicted molar refractivity (Wildman–Crippen MR) is 92.7 cm³/mol. The molecule has 7 heteroatoms. The van der Waals surface area contributed by atoms with Crippen LogP contribution >= 0.6 is 11.6 Å². The first-order valence-electron chi connectivity index (χ1n) is 7.81. The van der Waals surface area contributed by atoms with Gasteiger partial charge in [-0.1, -0.05) is 18.5 Å². The van der Waals surface area contributed by atoms with Gasteiger partial charge in [-0.2, -0.15) is 0 Å². The lowest BCUT2D eigenvalue weighted by atomic mass is 10.1. The van der Waals surface area contributed by atoms with E-state index in [-0.39, 0.29) is 16.3 Å². The van der Waals surface area contributed by atoms with Crippen LogP contribution in [0.25, 0.3) is 0 Å². The maximum absolute atomic E-state index is 13.7. The van der Waals surface area contributed by atoms with E-state index in [1.165, 1.54) is 12.1 Å². The molecule has 2 rings (SSSR count). The molecule has 0 fully saturated rings. The number of halogens is 3. The average Bonchev–Trinajstić information content (AvgIpc) is 2.56. The van der Waals surface area contributed by atoms with Crippen LogP contribution in [0.2, 0.25) is 5.02 Å². The average molecular weight is 370 g/mol. The quantitative estimate of drug-likeness (QED) is 0.742. The van der Waals surface area contributed by atoms with Gasteiger partial charge in [0.2, 0.25) is 0 Å². The maximum Gasteiger partial charge on any atom is 0.255 e.